The number of nitrogens with zero attached hydrogens (tertiary/aromatic N) is 2. The molecule has 20 heavy (non-hydrogen) atoms. The van der Waals surface area contributed by atoms with Crippen LogP contribution in [0, 0.1) is 0 Å². The molecular weight excluding hydrogens is 280 g/mol. The van der Waals surface area contributed by atoms with Gasteiger partial charge >= 0.3 is 0 Å². The molecule has 2 aromatic rings. The van der Waals surface area contributed by atoms with Crippen molar-refractivity contribution < 1.29 is 9.53 Å². The second-order valence-corrected chi connectivity index (χ2v) is 4.26. The van der Waals surface area contributed by atoms with Gasteiger partial charge in [0.05, 0.1) is 12.4 Å². The number of aromatic nitrogens is 2. The van der Waals surface area contributed by atoms with Gasteiger partial charge in [0, 0.05) is 12.1 Å². The Balaban J connectivity index is 1.84. The van der Waals surface area contributed by atoms with Crippen LogP contribution in [-0.4, -0.2) is 29.5 Å². The van der Waals surface area contributed by atoms with Gasteiger partial charge in [-0.15, -0.1) is 0 Å². The van der Waals surface area contributed by atoms with E-state index in [4.69, 9.17) is 16.3 Å². The van der Waals surface area contributed by atoms with Crippen LogP contribution in [0.4, 0.5) is 11.6 Å². The fraction of sp³-hybridized carbons (Fsp3) is 0.154. The lowest BCUT2D eigenvalue weighted by Gasteiger charge is -2.07. The first-order valence-corrected chi connectivity index (χ1v) is 6.23. The van der Waals surface area contributed by atoms with Crippen LogP contribution < -0.4 is 15.4 Å². The normalized spacial score (nSPS) is 9.90. The van der Waals surface area contributed by atoms with Crippen LogP contribution in [0.2, 0.25) is 5.02 Å². The molecule has 0 saturated heterocycles. The lowest BCUT2D eigenvalue weighted by atomic mass is 10.3. The molecule has 1 aromatic heterocycles. The largest absolute Gasteiger partial charge is 0.484 e. The van der Waals surface area contributed by atoms with Gasteiger partial charge in [-0.25, -0.2) is 9.97 Å². The van der Waals surface area contributed by atoms with Crippen molar-refractivity contribution in [1.29, 1.82) is 0 Å². The van der Waals surface area contributed by atoms with Crippen LogP contribution in [0.1, 0.15) is 0 Å². The van der Waals surface area contributed by atoms with Crippen LogP contribution >= 0.6 is 11.6 Å². The summed E-state index contributed by atoms with van der Waals surface area (Å²) in [6.45, 7) is -0.114. The fourth-order valence-electron chi connectivity index (χ4n) is 1.38. The summed E-state index contributed by atoms with van der Waals surface area (Å²) in [4.78, 5) is 19.7. The van der Waals surface area contributed by atoms with Crippen molar-refractivity contribution in [2.45, 2.75) is 0 Å². The standard InChI is InChI=1S/C13H13ClN4O2/c1-15-11-6-17-12(7-16-11)18-13(19)8-20-10-4-2-9(14)3-5-10/h2-7H,8H2,1H3,(H,15,16)(H,17,18,19). The number of amides is 1. The molecule has 0 aliphatic carbocycles. The van der Waals surface area contributed by atoms with E-state index in [-0.39, 0.29) is 12.5 Å². The molecule has 1 amide bonds. The van der Waals surface area contributed by atoms with Crippen molar-refractivity contribution in [1.82, 2.24) is 9.97 Å². The first kappa shape index (κ1) is 14.1. The molecule has 0 saturated carbocycles. The molecule has 0 radical (unpaired) electrons. The predicted molar refractivity (Wildman–Crippen MR) is 77.2 cm³/mol. The maximum Gasteiger partial charge on any atom is 0.263 e. The van der Waals surface area contributed by atoms with E-state index in [1.54, 1.807) is 31.3 Å². The minimum absolute atomic E-state index is 0.114. The molecule has 2 rings (SSSR count). The monoisotopic (exact) mass is 292 g/mol. The third kappa shape index (κ3) is 4.10. The van der Waals surface area contributed by atoms with Gasteiger partial charge in [0.25, 0.3) is 5.91 Å². The summed E-state index contributed by atoms with van der Waals surface area (Å²) >= 11 is 5.75. The van der Waals surface area contributed by atoms with Crippen molar-refractivity contribution in [3.05, 3.63) is 41.7 Å². The van der Waals surface area contributed by atoms with Crippen LogP contribution in [0.15, 0.2) is 36.7 Å². The van der Waals surface area contributed by atoms with Crippen molar-refractivity contribution >= 4 is 29.1 Å². The number of halogens is 1. The van der Waals surface area contributed by atoms with E-state index in [0.29, 0.717) is 22.4 Å². The molecule has 1 aromatic carbocycles. The number of carbonyl (C=O) groups excluding carboxylic acids is 1. The second-order valence-electron chi connectivity index (χ2n) is 3.83. The Morgan fingerprint density at radius 3 is 2.45 bits per heavy atom. The molecule has 0 aliphatic rings. The Morgan fingerprint density at radius 2 is 1.85 bits per heavy atom. The van der Waals surface area contributed by atoms with Crippen LogP contribution in [0.5, 0.6) is 5.75 Å². The summed E-state index contributed by atoms with van der Waals surface area (Å²) < 4.78 is 5.31. The minimum atomic E-state index is -0.313. The summed E-state index contributed by atoms with van der Waals surface area (Å²) in [5.74, 6) is 1.25. The summed E-state index contributed by atoms with van der Waals surface area (Å²) in [5, 5.41) is 6.03. The van der Waals surface area contributed by atoms with Crippen molar-refractivity contribution in [3.63, 3.8) is 0 Å². The SMILES string of the molecule is CNc1cnc(NC(=O)COc2ccc(Cl)cc2)cn1. The molecule has 0 aliphatic heterocycles. The molecule has 6 nitrogen and oxygen atoms in total. The Kier molecular flexibility index (Phi) is 4.73. The van der Waals surface area contributed by atoms with E-state index in [9.17, 15) is 4.79 Å². The van der Waals surface area contributed by atoms with Crippen molar-refractivity contribution in [2.24, 2.45) is 0 Å². The molecule has 2 N–H and O–H groups in total. The molecule has 0 unspecified atom stereocenters. The second kappa shape index (κ2) is 6.72. The number of nitrogens with one attached hydrogen (secondary N) is 2. The zero-order valence-corrected chi connectivity index (χ0v) is 11.5. The number of benzene rings is 1. The molecule has 0 fully saturated rings. The molecule has 0 bridgehead atoms. The van der Waals surface area contributed by atoms with Gasteiger partial charge in [-0.1, -0.05) is 11.6 Å². The highest BCUT2D eigenvalue weighted by Crippen LogP contribution is 2.15. The minimum Gasteiger partial charge on any atom is -0.484 e. The van der Waals surface area contributed by atoms with Gasteiger partial charge in [0.1, 0.15) is 11.6 Å². The summed E-state index contributed by atoms with van der Waals surface area (Å²) in [7, 11) is 1.74. The maximum absolute atomic E-state index is 11.7. The van der Waals surface area contributed by atoms with E-state index in [1.807, 2.05) is 0 Å². The summed E-state index contributed by atoms with van der Waals surface area (Å²) in [6.07, 6.45) is 2.99. The van der Waals surface area contributed by atoms with Gasteiger partial charge in [0.2, 0.25) is 0 Å². The molecule has 0 spiro atoms. The maximum atomic E-state index is 11.7. The van der Waals surface area contributed by atoms with Crippen molar-refractivity contribution in [2.75, 3.05) is 24.3 Å². The average Bonchev–Trinajstić information content (AvgIpc) is 2.47. The van der Waals surface area contributed by atoms with Crippen LogP contribution in [-0.2, 0) is 4.79 Å². The first-order valence-electron chi connectivity index (χ1n) is 5.85. The summed E-state index contributed by atoms with van der Waals surface area (Å²) in [5.41, 5.74) is 0. The average molecular weight is 293 g/mol. The number of hydrogen-bond acceptors (Lipinski definition) is 5. The van der Waals surface area contributed by atoms with E-state index >= 15 is 0 Å². The highest BCUT2D eigenvalue weighted by Gasteiger charge is 2.05. The number of hydrogen-bond donors (Lipinski definition) is 2. The molecular formula is C13H13ClN4O2. The predicted octanol–water partition coefficient (Wildman–Crippen LogP) is 2.19. The molecule has 1 heterocycles. The van der Waals surface area contributed by atoms with Gasteiger partial charge in [0.15, 0.2) is 12.4 Å². The Bertz CT molecular complexity index is 572. The Labute approximate surface area is 121 Å². The lowest BCUT2D eigenvalue weighted by molar-refractivity contribution is -0.118. The zero-order valence-electron chi connectivity index (χ0n) is 10.8. The van der Waals surface area contributed by atoms with E-state index in [2.05, 4.69) is 20.6 Å². The third-order valence-corrected chi connectivity index (χ3v) is 2.61. The Hall–Kier alpha value is -2.34. The number of ether oxygens (including phenoxy) is 1. The highest BCUT2D eigenvalue weighted by atomic mass is 35.5. The number of anilines is 2. The van der Waals surface area contributed by atoms with Crippen molar-refractivity contribution in [3.8, 4) is 5.75 Å². The first-order chi connectivity index (χ1) is 9.67. The zero-order chi connectivity index (χ0) is 14.4. The van der Waals surface area contributed by atoms with Gasteiger partial charge < -0.3 is 15.4 Å². The van der Waals surface area contributed by atoms with Gasteiger partial charge in [-0.2, -0.15) is 0 Å². The lowest BCUT2D eigenvalue weighted by Crippen LogP contribution is -2.20. The smallest absolute Gasteiger partial charge is 0.263 e. The third-order valence-electron chi connectivity index (χ3n) is 2.36. The van der Waals surface area contributed by atoms with E-state index in [0.717, 1.165) is 0 Å². The van der Waals surface area contributed by atoms with E-state index in [1.165, 1.54) is 12.4 Å². The van der Waals surface area contributed by atoms with Gasteiger partial charge in [-0.3, -0.25) is 4.79 Å². The van der Waals surface area contributed by atoms with Crippen LogP contribution in [0.3, 0.4) is 0 Å². The molecule has 7 heteroatoms. The topological polar surface area (TPSA) is 76.1 Å². The van der Waals surface area contributed by atoms with E-state index < -0.39 is 0 Å². The quantitative estimate of drug-likeness (QED) is 0.883. The van der Waals surface area contributed by atoms with Crippen LogP contribution in [0.25, 0.3) is 0 Å². The van der Waals surface area contributed by atoms with Gasteiger partial charge in [-0.05, 0) is 24.3 Å². The Morgan fingerprint density at radius 1 is 1.20 bits per heavy atom. The number of carbonyl (C=O) groups is 1. The summed E-state index contributed by atoms with van der Waals surface area (Å²) in [6, 6.07) is 6.77. The fourth-order valence-corrected chi connectivity index (χ4v) is 1.51. The molecule has 0 atom stereocenters. The number of rotatable bonds is 5. The highest BCUT2D eigenvalue weighted by molar-refractivity contribution is 6.30. The molecule has 104 valence electrons.